The summed E-state index contributed by atoms with van der Waals surface area (Å²) in [6.07, 6.45) is 1.22. The molecule has 0 aliphatic carbocycles. The average Bonchev–Trinajstić information content (AvgIpc) is 2.43. The van der Waals surface area contributed by atoms with Crippen LogP contribution in [0, 0.1) is 0 Å². The zero-order chi connectivity index (χ0) is 10.2. The maximum Gasteiger partial charge on any atom is 0.248 e. The van der Waals surface area contributed by atoms with Gasteiger partial charge in [0.2, 0.25) is 5.91 Å². The molecule has 1 aromatic rings. The van der Waals surface area contributed by atoms with E-state index < -0.39 is 5.54 Å². The summed E-state index contributed by atoms with van der Waals surface area (Å²) in [5, 5.41) is 12.4. The molecule has 0 saturated heterocycles. The van der Waals surface area contributed by atoms with Gasteiger partial charge < -0.3 is 10.4 Å². The predicted octanol–water partition coefficient (Wildman–Crippen LogP) is 1.47. The number of nitrogens with one attached hydrogen (secondary N) is 1. The van der Waals surface area contributed by atoms with E-state index in [0.717, 1.165) is 5.56 Å². The Labute approximate surface area is 82.1 Å². The zero-order valence-electron chi connectivity index (χ0n) is 7.82. The third-order valence-corrected chi connectivity index (χ3v) is 2.50. The van der Waals surface area contributed by atoms with Gasteiger partial charge >= 0.3 is 0 Å². The SMILES string of the molecule is C[C@]1(c2ccccc2)NC(=O)C=C1O. The van der Waals surface area contributed by atoms with Crippen molar-refractivity contribution in [2.75, 3.05) is 0 Å². The molecule has 3 heteroatoms. The summed E-state index contributed by atoms with van der Waals surface area (Å²) in [4.78, 5) is 11.1. The van der Waals surface area contributed by atoms with Crippen LogP contribution in [-0.4, -0.2) is 11.0 Å². The minimum atomic E-state index is -0.766. The number of hydrogen-bond acceptors (Lipinski definition) is 2. The number of aliphatic hydroxyl groups excluding tert-OH is 1. The van der Waals surface area contributed by atoms with Crippen LogP contribution in [0.3, 0.4) is 0 Å². The Morgan fingerprint density at radius 1 is 1.29 bits per heavy atom. The summed E-state index contributed by atoms with van der Waals surface area (Å²) in [6.45, 7) is 1.78. The fraction of sp³-hybridized carbons (Fsp3) is 0.182. The number of benzene rings is 1. The van der Waals surface area contributed by atoms with E-state index in [1.165, 1.54) is 6.08 Å². The Kier molecular flexibility index (Phi) is 1.81. The van der Waals surface area contributed by atoms with E-state index in [-0.39, 0.29) is 11.7 Å². The highest BCUT2D eigenvalue weighted by Gasteiger charge is 2.37. The van der Waals surface area contributed by atoms with Gasteiger partial charge in [0.25, 0.3) is 0 Å². The van der Waals surface area contributed by atoms with Crippen molar-refractivity contribution in [3.63, 3.8) is 0 Å². The van der Waals surface area contributed by atoms with Crippen molar-refractivity contribution in [3.05, 3.63) is 47.7 Å². The first-order valence-electron chi connectivity index (χ1n) is 4.42. The van der Waals surface area contributed by atoms with Gasteiger partial charge in [-0.05, 0) is 12.5 Å². The molecule has 3 nitrogen and oxygen atoms in total. The van der Waals surface area contributed by atoms with Crippen molar-refractivity contribution in [1.29, 1.82) is 0 Å². The first-order valence-corrected chi connectivity index (χ1v) is 4.42. The van der Waals surface area contributed by atoms with Crippen molar-refractivity contribution in [2.24, 2.45) is 0 Å². The Bertz CT molecular complexity index is 397. The molecule has 0 radical (unpaired) electrons. The van der Waals surface area contributed by atoms with Gasteiger partial charge in [-0.2, -0.15) is 0 Å². The number of hydrogen-bond donors (Lipinski definition) is 2. The lowest BCUT2D eigenvalue weighted by Gasteiger charge is -2.25. The zero-order valence-corrected chi connectivity index (χ0v) is 7.82. The van der Waals surface area contributed by atoms with Gasteiger partial charge in [-0.15, -0.1) is 0 Å². The molecule has 0 aromatic heterocycles. The van der Waals surface area contributed by atoms with E-state index in [2.05, 4.69) is 5.32 Å². The highest BCUT2D eigenvalue weighted by molar-refractivity contribution is 5.92. The van der Waals surface area contributed by atoms with E-state index in [1.54, 1.807) is 6.92 Å². The molecule has 72 valence electrons. The third kappa shape index (κ3) is 1.18. The quantitative estimate of drug-likeness (QED) is 0.702. The Morgan fingerprint density at radius 3 is 2.43 bits per heavy atom. The standard InChI is InChI=1S/C11H11NO2/c1-11(8-5-3-2-4-6-8)9(13)7-10(14)12-11/h2-7,13H,1H3,(H,12,14)/t11-/m1/s1. The molecule has 14 heavy (non-hydrogen) atoms. The molecule has 1 atom stereocenters. The largest absolute Gasteiger partial charge is 0.509 e. The minimum Gasteiger partial charge on any atom is -0.509 e. The van der Waals surface area contributed by atoms with E-state index in [4.69, 9.17) is 0 Å². The Morgan fingerprint density at radius 2 is 1.93 bits per heavy atom. The lowest BCUT2D eigenvalue weighted by molar-refractivity contribution is -0.116. The normalized spacial score (nSPS) is 25.8. The highest BCUT2D eigenvalue weighted by atomic mass is 16.3. The number of amides is 1. The fourth-order valence-electron chi connectivity index (χ4n) is 1.61. The summed E-state index contributed by atoms with van der Waals surface area (Å²) in [6, 6.07) is 9.38. The van der Waals surface area contributed by atoms with Crippen LogP contribution in [0.2, 0.25) is 0 Å². The van der Waals surface area contributed by atoms with E-state index in [9.17, 15) is 9.90 Å². The van der Waals surface area contributed by atoms with Crippen molar-refractivity contribution in [2.45, 2.75) is 12.5 Å². The van der Waals surface area contributed by atoms with Crippen LogP contribution in [0.25, 0.3) is 0 Å². The smallest absolute Gasteiger partial charge is 0.248 e. The lowest BCUT2D eigenvalue weighted by Crippen LogP contribution is -2.38. The molecular weight excluding hydrogens is 178 g/mol. The second-order valence-electron chi connectivity index (χ2n) is 3.51. The van der Waals surface area contributed by atoms with Gasteiger partial charge in [0, 0.05) is 6.08 Å². The predicted molar refractivity (Wildman–Crippen MR) is 52.6 cm³/mol. The molecule has 0 unspecified atom stereocenters. The molecule has 2 N–H and O–H groups in total. The highest BCUT2D eigenvalue weighted by Crippen LogP contribution is 2.30. The van der Waals surface area contributed by atoms with Crippen LogP contribution in [0.5, 0.6) is 0 Å². The maximum absolute atomic E-state index is 11.1. The van der Waals surface area contributed by atoms with Crippen molar-refractivity contribution in [1.82, 2.24) is 5.32 Å². The molecule has 0 spiro atoms. The molecule has 0 bridgehead atoms. The molecule has 2 rings (SSSR count). The van der Waals surface area contributed by atoms with Crippen LogP contribution >= 0.6 is 0 Å². The first kappa shape index (κ1) is 8.81. The van der Waals surface area contributed by atoms with Crippen molar-refractivity contribution in [3.8, 4) is 0 Å². The van der Waals surface area contributed by atoms with Crippen LogP contribution in [0.1, 0.15) is 12.5 Å². The second kappa shape index (κ2) is 2.87. The van der Waals surface area contributed by atoms with Gasteiger partial charge in [0.15, 0.2) is 0 Å². The van der Waals surface area contributed by atoms with Gasteiger partial charge in [-0.25, -0.2) is 0 Å². The van der Waals surface area contributed by atoms with Crippen LogP contribution in [-0.2, 0) is 10.3 Å². The molecule has 1 heterocycles. The minimum absolute atomic E-state index is 0.0636. The molecule has 0 saturated carbocycles. The number of aliphatic hydroxyl groups is 1. The van der Waals surface area contributed by atoms with Crippen molar-refractivity contribution < 1.29 is 9.90 Å². The maximum atomic E-state index is 11.1. The average molecular weight is 189 g/mol. The monoisotopic (exact) mass is 189 g/mol. The summed E-state index contributed by atoms with van der Waals surface area (Å²) in [5.74, 6) is -0.192. The number of carbonyl (C=O) groups is 1. The summed E-state index contributed by atoms with van der Waals surface area (Å²) in [7, 11) is 0. The summed E-state index contributed by atoms with van der Waals surface area (Å²) < 4.78 is 0. The summed E-state index contributed by atoms with van der Waals surface area (Å²) >= 11 is 0. The number of carbonyl (C=O) groups excluding carboxylic acids is 1. The van der Waals surface area contributed by atoms with Crippen LogP contribution < -0.4 is 5.32 Å². The second-order valence-corrected chi connectivity index (χ2v) is 3.51. The molecule has 1 aromatic carbocycles. The first-order chi connectivity index (χ1) is 6.63. The van der Waals surface area contributed by atoms with Gasteiger partial charge in [-0.1, -0.05) is 30.3 Å². The summed E-state index contributed by atoms with van der Waals surface area (Å²) in [5.41, 5.74) is 0.109. The lowest BCUT2D eigenvalue weighted by atomic mass is 9.92. The van der Waals surface area contributed by atoms with E-state index in [1.807, 2.05) is 30.3 Å². The van der Waals surface area contributed by atoms with Gasteiger partial charge in [0.1, 0.15) is 11.3 Å². The molecule has 1 aliphatic heterocycles. The van der Waals surface area contributed by atoms with Crippen molar-refractivity contribution >= 4 is 5.91 Å². The third-order valence-electron chi connectivity index (χ3n) is 2.50. The van der Waals surface area contributed by atoms with E-state index >= 15 is 0 Å². The Hall–Kier alpha value is -1.77. The number of rotatable bonds is 1. The van der Waals surface area contributed by atoms with Gasteiger partial charge in [0.05, 0.1) is 0 Å². The topological polar surface area (TPSA) is 49.3 Å². The van der Waals surface area contributed by atoms with E-state index in [0.29, 0.717) is 0 Å². The van der Waals surface area contributed by atoms with Crippen LogP contribution in [0.15, 0.2) is 42.2 Å². The molecule has 1 amide bonds. The molecule has 0 fully saturated rings. The molecular formula is C11H11NO2. The molecule has 1 aliphatic rings. The van der Waals surface area contributed by atoms with Gasteiger partial charge in [-0.3, -0.25) is 4.79 Å². The van der Waals surface area contributed by atoms with Crippen LogP contribution in [0.4, 0.5) is 0 Å². The fourth-order valence-corrected chi connectivity index (χ4v) is 1.61. The Balaban J connectivity index is 2.45.